The van der Waals surface area contributed by atoms with Gasteiger partial charge in [-0.1, -0.05) is 32.6 Å². The molecular weight excluding hydrogens is 427 g/mol. The summed E-state index contributed by atoms with van der Waals surface area (Å²) in [6, 6.07) is 6.71. The second-order valence-electron chi connectivity index (χ2n) is 6.35. The minimum absolute atomic E-state index is 0.0949. The van der Waals surface area contributed by atoms with E-state index in [1.807, 2.05) is 0 Å². The Morgan fingerprint density at radius 1 is 0.967 bits per heavy atom. The summed E-state index contributed by atoms with van der Waals surface area (Å²) in [5, 5.41) is -0.0949. The molecule has 1 atom stereocenters. The summed E-state index contributed by atoms with van der Waals surface area (Å²) in [6.07, 6.45) is 11.8. The third kappa shape index (κ3) is 11.7. The summed E-state index contributed by atoms with van der Waals surface area (Å²) >= 11 is 11.4. The Hall–Kier alpha value is -2.18. The Bertz CT molecular complexity index is 718. The largest absolute Gasteiger partial charge is 0.461 e. The molecule has 0 aliphatic carbocycles. The van der Waals surface area contributed by atoms with Crippen molar-refractivity contribution in [1.82, 2.24) is 9.97 Å². The summed E-state index contributed by atoms with van der Waals surface area (Å²) in [4.78, 5) is 30.3. The summed E-state index contributed by atoms with van der Waals surface area (Å²) < 4.78 is 9.90. The van der Waals surface area contributed by atoms with Gasteiger partial charge in [0.1, 0.15) is 13.2 Å². The standard InChI is InChI=1S/C14H20ClNO2.C8H8ClNO2/c1-2-3-4-5-8-13(15)11-18-14(17)12-7-6-9-16-10-12;9-3-5-12-8(11)7-2-1-4-10-6-7/h6-7,9-10,13H,2-5,8,11H2,1H3;1-2,4,6H,3,5H2. The molecule has 2 aromatic rings. The molecule has 164 valence electrons. The van der Waals surface area contributed by atoms with Crippen molar-refractivity contribution in [3.8, 4) is 0 Å². The lowest BCUT2D eigenvalue weighted by Gasteiger charge is -2.10. The molecule has 8 heteroatoms. The topological polar surface area (TPSA) is 78.4 Å². The van der Waals surface area contributed by atoms with Crippen molar-refractivity contribution in [3.63, 3.8) is 0 Å². The maximum absolute atomic E-state index is 11.6. The van der Waals surface area contributed by atoms with Crippen LogP contribution in [0.2, 0.25) is 0 Å². The van der Waals surface area contributed by atoms with E-state index in [0.29, 0.717) is 17.0 Å². The molecule has 0 aromatic carbocycles. The van der Waals surface area contributed by atoms with Crippen molar-refractivity contribution in [2.45, 2.75) is 44.4 Å². The molecule has 0 aliphatic rings. The molecule has 2 aromatic heterocycles. The van der Waals surface area contributed by atoms with Gasteiger partial charge in [-0.05, 0) is 30.7 Å². The Kier molecular flexibility index (Phi) is 14.3. The summed E-state index contributed by atoms with van der Waals surface area (Å²) in [6.45, 7) is 2.67. The molecular formula is C22H28Cl2N2O4. The Morgan fingerprint density at radius 3 is 2.07 bits per heavy atom. The second kappa shape index (κ2) is 16.6. The van der Waals surface area contributed by atoms with Gasteiger partial charge in [0.2, 0.25) is 0 Å². The van der Waals surface area contributed by atoms with Gasteiger partial charge in [0.25, 0.3) is 0 Å². The van der Waals surface area contributed by atoms with Crippen LogP contribution in [0.4, 0.5) is 0 Å². The van der Waals surface area contributed by atoms with Crippen LogP contribution in [0.15, 0.2) is 49.1 Å². The van der Waals surface area contributed by atoms with E-state index < -0.39 is 0 Å². The first-order valence-electron chi connectivity index (χ1n) is 9.92. The number of unbranched alkanes of at least 4 members (excludes halogenated alkanes) is 3. The quantitative estimate of drug-likeness (QED) is 0.260. The molecule has 2 heterocycles. The number of hydrogen-bond acceptors (Lipinski definition) is 6. The summed E-state index contributed by atoms with van der Waals surface area (Å²) in [7, 11) is 0. The van der Waals surface area contributed by atoms with Crippen molar-refractivity contribution >= 4 is 35.1 Å². The highest BCUT2D eigenvalue weighted by atomic mass is 35.5. The number of hydrogen-bond donors (Lipinski definition) is 0. The van der Waals surface area contributed by atoms with Crippen LogP contribution in [0.1, 0.15) is 59.7 Å². The molecule has 0 aliphatic heterocycles. The Labute approximate surface area is 187 Å². The van der Waals surface area contributed by atoms with E-state index in [1.165, 1.54) is 31.7 Å². The zero-order chi connectivity index (χ0) is 22.0. The molecule has 2 rings (SSSR count). The van der Waals surface area contributed by atoms with Crippen LogP contribution in [0, 0.1) is 0 Å². The van der Waals surface area contributed by atoms with Gasteiger partial charge in [-0.15, -0.1) is 23.2 Å². The highest BCUT2D eigenvalue weighted by Gasteiger charge is 2.11. The number of carbonyl (C=O) groups excluding carboxylic acids is 2. The van der Waals surface area contributed by atoms with Gasteiger partial charge in [-0.2, -0.15) is 0 Å². The lowest BCUT2D eigenvalue weighted by atomic mass is 10.1. The van der Waals surface area contributed by atoms with E-state index in [2.05, 4.69) is 16.9 Å². The maximum atomic E-state index is 11.6. The first-order chi connectivity index (χ1) is 14.6. The number of alkyl halides is 2. The van der Waals surface area contributed by atoms with Crippen molar-refractivity contribution in [1.29, 1.82) is 0 Å². The minimum atomic E-state index is -0.385. The lowest BCUT2D eigenvalue weighted by Crippen LogP contribution is -2.14. The average molecular weight is 455 g/mol. The van der Waals surface area contributed by atoms with E-state index in [4.69, 9.17) is 32.7 Å². The van der Waals surface area contributed by atoms with E-state index in [-0.39, 0.29) is 30.5 Å². The predicted molar refractivity (Wildman–Crippen MR) is 118 cm³/mol. The molecule has 0 saturated heterocycles. The number of esters is 2. The summed E-state index contributed by atoms with van der Waals surface area (Å²) in [5.41, 5.74) is 0.912. The smallest absolute Gasteiger partial charge is 0.339 e. The van der Waals surface area contributed by atoms with Gasteiger partial charge in [-0.3, -0.25) is 9.97 Å². The van der Waals surface area contributed by atoms with E-state index >= 15 is 0 Å². The van der Waals surface area contributed by atoms with E-state index in [1.54, 1.807) is 36.7 Å². The molecule has 0 spiro atoms. The van der Waals surface area contributed by atoms with Gasteiger partial charge in [0.05, 0.1) is 22.4 Å². The van der Waals surface area contributed by atoms with E-state index in [0.717, 1.165) is 12.8 Å². The van der Waals surface area contributed by atoms with Crippen LogP contribution in [-0.2, 0) is 9.47 Å². The van der Waals surface area contributed by atoms with Crippen molar-refractivity contribution < 1.29 is 19.1 Å². The minimum Gasteiger partial charge on any atom is -0.461 e. The van der Waals surface area contributed by atoms with Crippen molar-refractivity contribution in [2.75, 3.05) is 19.1 Å². The van der Waals surface area contributed by atoms with Gasteiger partial charge >= 0.3 is 11.9 Å². The molecule has 0 N–H and O–H groups in total. The number of nitrogens with zero attached hydrogens (tertiary/aromatic N) is 2. The summed E-state index contributed by atoms with van der Waals surface area (Å²) in [5.74, 6) is -0.433. The number of ether oxygens (including phenoxy) is 2. The highest BCUT2D eigenvalue weighted by molar-refractivity contribution is 6.20. The fraction of sp³-hybridized carbons (Fsp3) is 0.455. The third-order valence-corrected chi connectivity index (χ3v) is 4.37. The van der Waals surface area contributed by atoms with Crippen LogP contribution in [0.3, 0.4) is 0 Å². The van der Waals surface area contributed by atoms with Gasteiger partial charge in [-0.25, -0.2) is 9.59 Å². The van der Waals surface area contributed by atoms with Crippen molar-refractivity contribution in [3.05, 3.63) is 60.2 Å². The number of carbonyl (C=O) groups is 2. The monoisotopic (exact) mass is 454 g/mol. The predicted octanol–water partition coefficient (Wildman–Crippen LogP) is 5.29. The van der Waals surface area contributed by atoms with Crippen LogP contribution < -0.4 is 0 Å². The molecule has 0 fully saturated rings. The molecule has 0 radical (unpaired) electrons. The van der Waals surface area contributed by atoms with Crippen LogP contribution in [-0.4, -0.2) is 46.4 Å². The lowest BCUT2D eigenvalue weighted by molar-refractivity contribution is 0.0498. The first kappa shape index (κ1) is 25.9. The number of halogens is 2. The van der Waals surface area contributed by atoms with Crippen molar-refractivity contribution in [2.24, 2.45) is 0 Å². The normalized spacial score (nSPS) is 11.0. The van der Waals surface area contributed by atoms with Crippen LogP contribution in [0.5, 0.6) is 0 Å². The number of pyridine rings is 2. The van der Waals surface area contributed by atoms with Gasteiger partial charge in [0.15, 0.2) is 0 Å². The first-order valence-corrected chi connectivity index (χ1v) is 10.9. The maximum Gasteiger partial charge on any atom is 0.339 e. The second-order valence-corrected chi connectivity index (χ2v) is 7.35. The average Bonchev–Trinajstić information content (AvgIpc) is 2.80. The molecule has 1 unspecified atom stereocenters. The van der Waals surface area contributed by atoms with Crippen LogP contribution in [0.25, 0.3) is 0 Å². The van der Waals surface area contributed by atoms with Gasteiger partial charge in [0, 0.05) is 24.8 Å². The zero-order valence-electron chi connectivity index (χ0n) is 17.1. The Morgan fingerprint density at radius 2 is 1.57 bits per heavy atom. The highest BCUT2D eigenvalue weighted by Crippen LogP contribution is 2.11. The zero-order valence-corrected chi connectivity index (χ0v) is 18.6. The molecule has 6 nitrogen and oxygen atoms in total. The number of rotatable bonds is 11. The number of aromatic nitrogens is 2. The SMILES string of the molecule is CCCCCCC(Cl)COC(=O)c1cccnc1.O=C(OCCCl)c1cccnc1. The van der Waals surface area contributed by atoms with Gasteiger partial charge < -0.3 is 9.47 Å². The Balaban J connectivity index is 0.000000325. The third-order valence-electron chi connectivity index (χ3n) is 3.87. The molecule has 0 bridgehead atoms. The molecule has 30 heavy (non-hydrogen) atoms. The molecule has 0 saturated carbocycles. The van der Waals surface area contributed by atoms with E-state index in [9.17, 15) is 9.59 Å². The van der Waals surface area contributed by atoms with Crippen LogP contribution >= 0.6 is 23.2 Å². The fourth-order valence-corrected chi connectivity index (χ4v) is 2.60. The fourth-order valence-electron chi connectivity index (χ4n) is 2.31. The molecule has 0 amide bonds.